The van der Waals surface area contributed by atoms with E-state index in [4.69, 9.17) is 0 Å². The van der Waals surface area contributed by atoms with Crippen LogP contribution in [0, 0.1) is 0 Å². The van der Waals surface area contributed by atoms with Crippen molar-refractivity contribution in [3.8, 4) is 5.82 Å². The second-order valence-corrected chi connectivity index (χ2v) is 6.65. The van der Waals surface area contributed by atoms with Crippen molar-refractivity contribution in [2.45, 2.75) is 13.1 Å². The molecule has 0 N–H and O–H groups in total. The minimum Gasteiger partial charge on any atom is -0.299 e. The SMILES string of the molecule is Cn1ncc(CN2CCN(CCn3nc(-n4cccn4)ccc3=O)CC2)n1. The van der Waals surface area contributed by atoms with Gasteiger partial charge in [-0.3, -0.25) is 14.6 Å². The summed E-state index contributed by atoms with van der Waals surface area (Å²) in [7, 11) is 1.83. The number of aromatic nitrogens is 7. The number of rotatable bonds is 6. The Kier molecular flexibility index (Phi) is 5.07. The number of hydrogen-bond donors (Lipinski definition) is 0. The topological polar surface area (TPSA) is 89.9 Å². The molecule has 0 spiro atoms. The zero-order valence-corrected chi connectivity index (χ0v) is 15.3. The quantitative estimate of drug-likeness (QED) is 0.572. The van der Waals surface area contributed by atoms with Crippen LogP contribution in [-0.2, 0) is 20.1 Å². The molecule has 0 bridgehead atoms. The van der Waals surface area contributed by atoms with Gasteiger partial charge in [-0.15, -0.1) is 5.10 Å². The van der Waals surface area contributed by atoms with Crippen molar-refractivity contribution in [2.75, 3.05) is 32.7 Å². The van der Waals surface area contributed by atoms with Crippen LogP contribution >= 0.6 is 0 Å². The van der Waals surface area contributed by atoms with Gasteiger partial charge < -0.3 is 0 Å². The van der Waals surface area contributed by atoms with E-state index in [-0.39, 0.29) is 5.56 Å². The highest BCUT2D eigenvalue weighted by atomic mass is 16.1. The maximum atomic E-state index is 12.1. The van der Waals surface area contributed by atoms with Crippen LogP contribution in [0.4, 0.5) is 0 Å². The van der Waals surface area contributed by atoms with Gasteiger partial charge in [-0.2, -0.15) is 20.1 Å². The Morgan fingerprint density at radius 3 is 2.52 bits per heavy atom. The Hall–Kier alpha value is -2.85. The van der Waals surface area contributed by atoms with Crippen LogP contribution in [0.15, 0.2) is 41.6 Å². The number of aryl methyl sites for hydroxylation is 1. The number of nitrogens with zero attached hydrogens (tertiary/aromatic N) is 9. The van der Waals surface area contributed by atoms with Crippen molar-refractivity contribution in [3.05, 3.63) is 52.8 Å². The minimum atomic E-state index is -0.0906. The lowest BCUT2D eigenvalue weighted by molar-refractivity contribution is 0.121. The van der Waals surface area contributed by atoms with Crippen molar-refractivity contribution in [1.82, 2.24) is 44.4 Å². The third-order valence-corrected chi connectivity index (χ3v) is 4.72. The summed E-state index contributed by atoms with van der Waals surface area (Å²) in [5.41, 5.74) is 0.907. The predicted octanol–water partition coefficient (Wildman–Crippen LogP) is -0.625. The largest absolute Gasteiger partial charge is 0.299 e. The summed E-state index contributed by atoms with van der Waals surface area (Å²) in [5.74, 6) is 0.647. The minimum absolute atomic E-state index is 0.0906. The highest BCUT2D eigenvalue weighted by Gasteiger charge is 2.18. The van der Waals surface area contributed by atoms with Gasteiger partial charge >= 0.3 is 0 Å². The van der Waals surface area contributed by atoms with Crippen molar-refractivity contribution < 1.29 is 0 Å². The third-order valence-electron chi connectivity index (χ3n) is 4.72. The predicted molar refractivity (Wildman–Crippen MR) is 98.3 cm³/mol. The van der Waals surface area contributed by atoms with Gasteiger partial charge in [0, 0.05) is 64.8 Å². The fraction of sp³-hybridized carbons (Fsp3) is 0.471. The normalized spacial score (nSPS) is 16.0. The van der Waals surface area contributed by atoms with Gasteiger partial charge in [-0.1, -0.05) is 0 Å². The van der Waals surface area contributed by atoms with Crippen LogP contribution in [0.5, 0.6) is 0 Å². The second-order valence-electron chi connectivity index (χ2n) is 6.65. The molecule has 10 nitrogen and oxygen atoms in total. The Morgan fingerprint density at radius 2 is 1.81 bits per heavy atom. The van der Waals surface area contributed by atoms with Crippen LogP contribution in [0.25, 0.3) is 5.82 Å². The molecular formula is C17H23N9O. The van der Waals surface area contributed by atoms with E-state index in [9.17, 15) is 4.79 Å². The van der Waals surface area contributed by atoms with Crippen LogP contribution in [-0.4, -0.2) is 77.1 Å². The fourth-order valence-corrected chi connectivity index (χ4v) is 3.22. The van der Waals surface area contributed by atoms with Crippen molar-refractivity contribution in [1.29, 1.82) is 0 Å². The molecule has 0 aromatic carbocycles. The van der Waals surface area contributed by atoms with E-state index in [0.717, 1.165) is 45.0 Å². The van der Waals surface area contributed by atoms with Crippen LogP contribution in [0.3, 0.4) is 0 Å². The first-order valence-corrected chi connectivity index (χ1v) is 9.05. The Morgan fingerprint density at radius 1 is 1.00 bits per heavy atom. The molecule has 10 heteroatoms. The van der Waals surface area contributed by atoms with Crippen LogP contribution in [0.2, 0.25) is 0 Å². The van der Waals surface area contributed by atoms with Gasteiger partial charge in [0.15, 0.2) is 5.82 Å². The fourth-order valence-electron chi connectivity index (χ4n) is 3.22. The first kappa shape index (κ1) is 17.6. The molecule has 1 aliphatic rings. The maximum absolute atomic E-state index is 12.1. The Balaban J connectivity index is 1.30. The van der Waals surface area contributed by atoms with E-state index in [1.807, 2.05) is 25.5 Å². The molecule has 4 heterocycles. The van der Waals surface area contributed by atoms with Crippen molar-refractivity contribution in [3.63, 3.8) is 0 Å². The van der Waals surface area contributed by atoms with Crippen LogP contribution in [0.1, 0.15) is 5.69 Å². The second kappa shape index (κ2) is 7.80. The van der Waals surface area contributed by atoms with Gasteiger partial charge in [0.25, 0.3) is 5.56 Å². The lowest BCUT2D eigenvalue weighted by Gasteiger charge is -2.34. The van der Waals surface area contributed by atoms with E-state index < -0.39 is 0 Å². The summed E-state index contributed by atoms with van der Waals surface area (Å²) >= 11 is 0. The van der Waals surface area contributed by atoms with E-state index in [1.165, 1.54) is 4.68 Å². The maximum Gasteiger partial charge on any atom is 0.266 e. The Bertz CT molecular complexity index is 922. The molecule has 0 amide bonds. The van der Waals surface area contributed by atoms with E-state index >= 15 is 0 Å². The molecule has 1 fully saturated rings. The highest BCUT2D eigenvalue weighted by Crippen LogP contribution is 2.06. The monoisotopic (exact) mass is 369 g/mol. The van der Waals surface area contributed by atoms with Gasteiger partial charge in [0.2, 0.25) is 0 Å². The molecule has 142 valence electrons. The van der Waals surface area contributed by atoms with E-state index in [2.05, 4.69) is 30.2 Å². The summed E-state index contributed by atoms with van der Waals surface area (Å²) in [6.45, 7) is 6.08. The molecule has 0 saturated carbocycles. The highest BCUT2D eigenvalue weighted by molar-refractivity contribution is 5.17. The summed E-state index contributed by atoms with van der Waals surface area (Å²) in [4.78, 5) is 18.4. The zero-order chi connectivity index (χ0) is 18.6. The summed E-state index contributed by atoms with van der Waals surface area (Å²) in [6, 6.07) is 5.07. The summed E-state index contributed by atoms with van der Waals surface area (Å²) in [6.07, 6.45) is 5.32. The molecule has 1 aliphatic heterocycles. The van der Waals surface area contributed by atoms with Crippen molar-refractivity contribution >= 4 is 0 Å². The molecule has 27 heavy (non-hydrogen) atoms. The van der Waals surface area contributed by atoms with Gasteiger partial charge in [-0.05, 0) is 12.1 Å². The molecular weight excluding hydrogens is 346 g/mol. The number of piperazine rings is 1. The van der Waals surface area contributed by atoms with Gasteiger partial charge in [0.1, 0.15) is 0 Å². The zero-order valence-electron chi connectivity index (χ0n) is 15.3. The number of hydrogen-bond acceptors (Lipinski definition) is 7. The third kappa shape index (κ3) is 4.29. The molecule has 3 aromatic rings. The molecule has 3 aromatic heterocycles. The first-order chi connectivity index (χ1) is 13.2. The molecule has 1 saturated heterocycles. The van der Waals surface area contributed by atoms with Crippen molar-refractivity contribution in [2.24, 2.45) is 7.05 Å². The first-order valence-electron chi connectivity index (χ1n) is 9.05. The smallest absolute Gasteiger partial charge is 0.266 e. The summed E-state index contributed by atoms with van der Waals surface area (Å²) in [5, 5.41) is 17.0. The molecule has 0 unspecified atom stereocenters. The van der Waals surface area contributed by atoms with E-state index in [0.29, 0.717) is 12.4 Å². The molecule has 0 atom stereocenters. The van der Waals surface area contributed by atoms with E-state index in [1.54, 1.807) is 27.8 Å². The average molecular weight is 369 g/mol. The lowest BCUT2D eigenvalue weighted by atomic mass is 10.3. The molecule has 0 aliphatic carbocycles. The molecule has 0 radical (unpaired) electrons. The standard InChI is InChI=1S/C17H23N9O/c1-22-19-13-15(20-22)14-24-9-7-23(8-10-24)11-12-26-17(27)4-3-16(21-26)25-6-2-5-18-25/h2-6,13H,7-12,14H2,1H3. The molecule has 4 rings (SSSR count). The summed E-state index contributed by atoms with van der Waals surface area (Å²) < 4.78 is 3.17. The van der Waals surface area contributed by atoms with Crippen LogP contribution < -0.4 is 5.56 Å². The average Bonchev–Trinajstić information content (AvgIpc) is 3.34. The van der Waals surface area contributed by atoms with Gasteiger partial charge in [0.05, 0.1) is 18.4 Å². The Labute approximate surface area is 156 Å². The lowest BCUT2D eigenvalue weighted by Crippen LogP contribution is -2.47. The van der Waals surface area contributed by atoms with Gasteiger partial charge in [-0.25, -0.2) is 9.36 Å².